The fraction of sp³-hybridized carbons (Fsp3) is 0.526. The zero-order valence-electron chi connectivity index (χ0n) is 27.1. The zero-order valence-corrected chi connectivity index (χ0v) is 31.1. The van der Waals surface area contributed by atoms with Crippen molar-refractivity contribution in [2.45, 2.75) is 88.0 Å². The van der Waals surface area contributed by atoms with Gasteiger partial charge >= 0.3 is 26.2 Å². The van der Waals surface area contributed by atoms with Gasteiger partial charge in [0.2, 0.25) is 0 Å². The summed E-state index contributed by atoms with van der Waals surface area (Å²) in [6.45, 7) is 26.9. The Labute approximate surface area is 283 Å². The van der Waals surface area contributed by atoms with E-state index in [1.165, 1.54) is 16.7 Å². The van der Waals surface area contributed by atoms with Gasteiger partial charge < -0.3 is 24.8 Å². The normalized spacial score (nSPS) is 33.1. The smallest absolute Gasteiger partial charge is 1.00 e. The van der Waals surface area contributed by atoms with Crippen molar-refractivity contribution in [3.63, 3.8) is 0 Å². The molecule has 2 aromatic rings. The molecule has 0 radical (unpaired) electrons. The van der Waals surface area contributed by atoms with Gasteiger partial charge in [0.1, 0.15) is 0 Å². The van der Waals surface area contributed by atoms with Gasteiger partial charge in [0, 0.05) is 5.41 Å². The Hall–Kier alpha value is -0.877. The van der Waals surface area contributed by atoms with Crippen molar-refractivity contribution in [2.75, 3.05) is 0 Å². The number of rotatable bonds is 0. The molecule has 1 saturated carbocycles. The SMILES string of the molecule is CC(C)(C)c1cc[cH-]c1.C[C-]1C2=C3Cc4ccccc4C3=C3C=CC(C)C(C)C3(C)C2(C)C(C)C(C)C1C.[Cl-].[Cl-].[Zr+4]. The van der Waals surface area contributed by atoms with Crippen LogP contribution in [0.15, 0.2) is 77.4 Å². The van der Waals surface area contributed by atoms with E-state index in [9.17, 15) is 0 Å². The first-order chi connectivity index (χ1) is 17.8. The molecule has 3 heteroatoms. The molecule has 0 heterocycles. The molecular formula is C38H50Cl2Zr. The van der Waals surface area contributed by atoms with Gasteiger partial charge in [-0.15, -0.1) is 6.92 Å². The summed E-state index contributed by atoms with van der Waals surface area (Å²) in [7, 11) is 0. The van der Waals surface area contributed by atoms with Crippen LogP contribution in [0, 0.1) is 46.3 Å². The van der Waals surface area contributed by atoms with E-state index >= 15 is 0 Å². The number of halogens is 2. The first kappa shape index (κ1) is 36.3. The van der Waals surface area contributed by atoms with Gasteiger partial charge in [-0.25, -0.2) is 12.0 Å². The van der Waals surface area contributed by atoms with Crippen LogP contribution in [-0.4, -0.2) is 0 Å². The van der Waals surface area contributed by atoms with E-state index in [4.69, 9.17) is 0 Å². The maximum absolute atomic E-state index is 2.63. The molecule has 4 aliphatic carbocycles. The molecule has 7 atom stereocenters. The third kappa shape index (κ3) is 5.27. The van der Waals surface area contributed by atoms with Crippen molar-refractivity contribution < 1.29 is 51.0 Å². The van der Waals surface area contributed by atoms with Gasteiger partial charge in [0.15, 0.2) is 0 Å². The van der Waals surface area contributed by atoms with Crippen molar-refractivity contribution in [2.24, 2.45) is 40.4 Å². The summed E-state index contributed by atoms with van der Waals surface area (Å²) in [6.07, 6.45) is 6.12. The summed E-state index contributed by atoms with van der Waals surface area (Å²) in [5.74, 6) is 4.93. The van der Waals surface area contributed by atoms with Crippen molar-refractivity contribution in [1.29, 1.82) is 0 Å². The molecule has 0 spiro atoms. The molecule has 7 unspecified atom stereocenters. The Balaban J connectivity index is 0.000000424. The number of allylic oxidation sites excluding steroid dienone is 6. The Bertz CT molecular complexity index is 1310. The predicted octanol–water partition coefficient (Wildman–Crippen LogP) is 4.39. The summed E-state index contributed by atoms with van der Waals surface area (Å²) in [4.78, 5) is 0. The quantitative estimate of drug-likeness (QED) is 0.366. The number of benzene rings is 1. The Morgan fingerprint density at radius 3 is 2.10 bits per heavy atom. The predicted molar refractivity (Wildman–Crippen MR) is 165 cm³/mol. The van der Waals surface area contributed by atoms with E-state index in [0.29, 0.717) is 35.0 Å². The first-order valence-corrected chi connectivity index (χ1v) is 15.1. The number of fused-ring (bicyclic) bond motifs is 6. The molecule has 0 N–H and O–H groups in total. The van der Waals surface area contributed by atoms with Crippen LogP contribution in [-0.2, 0) is 38.0 Å². The van der Waals surface area contributed by atoms with Crippen LogP contribution >= 0.6 is 0 Å². The summed E-state index contributed by atoms with van der Waals surface area (Å²) in [5.41, 5.74) is 11.7. The van der Waals surface area contributed by atoms with Crippen LogP contribution in [0.2, 0.25) is 0 Å². The van der Waals surface area contributed by atoms with Crippen LogP contribution in [0.5, 0.6) is 0 Å². The molecule has 6 rings (SSSR count). The maximum atomic E-state index is 2.63. The average Bonchev–Trinajstić information content (AvgIpc) is 3.54. The fourth-order valence-corrected chi connectivity index (χ4v) is 8.71. The van der Waals surface area contributed by atoms with Crippen LogP contribution < -0.4 is 24.8 Å². The van der Waals surface area contributed by atoms with Crippen LogP contribution in [0.1, 0.15) is 92.9 Å². The molecule has 0 aromatic heterocycles. The second-order valence-corrected chi connectivity index (χ2v) is 14.4. The topological polar surface area (TPSA) is 0 Å². The van der Waals surface area contributed by atoms with E-state index in [1.807, 2.05) is 0 Å². The molecule has 0 amide bonds. The molecular weight excluding hydrogens is 619 g/mol. The second-order valence-electron chi connectivity index (χ2n) is 14.4. The summed E-state index contributed by atoms with van der Waals surface area (Å²) in [6, 6.07) is 17.7. The molecule has 2 aromatic carbocycles. The van der Waals surface area contributed by atoms with Gasteiger partial charge in [-0.3, -0.25) is 0 Å². The van der Waals surface area contributed by atoms with Gasteiger partial charge in [-0.2, -0.15) is 34.9 Å². The first-order valence-electron chi connectivity index (χ1n) is 15.1. The molecule has 1 fully saturated rings. The Morgan fingerprint density at radius 2 is 1.54 bits per heavy atom. The Morgan fingerprint density at radius 1 is 0.902 bits per heavy atom. The molecule has 0 bridgehead atoms. The molecule has 0 nitrogen and oxygen atoms in total. The molecule has 0 aliphatic heterocycles. The van der Waals surface area contributed by atoms with Gasteiger partial charge in [-0.05, 0) is 34.7 Å². The summed E-state index contributed by atoms with van der Waals surface area (Å²) in [5, 5.41) is 0. The van der Waals surface area contributed by atoms with Gasteiger partial charge in [0.25, 0.3) is 0 Å². The third-order valence-electron chi connectivity index (χ3n) is 12.0. The van der Waals surface area contributed by atoms with E-state index in [1.54, 1.807) is 28.2 Å². The number of hydrogen-bond donors (Lipinski definition) is 0. The molecule has 41 heavy (non-hydrogen) atoms. The average molecular weight is 669 g/mol. The minimum absolute atomic E-state index is 0. The van der Waals surface area contributed by atoms with E-state index < -0.39 is 0 Å². The monoisotopic (exact) mass is 666 g/mol. The minimum atomic E-state index is 0. The zero-order chi connectivity index (χ0) is 27.8. The minimum Gasteiger partial charge on any atom is -1.00 e. The van der Waals surface area contributed by atoms with Crippen LogP contribution in [0.25, 0.3) is 5.57 Å². The molecule has 4 aliphatic rings. The van der Waals surface area contributed by atoms with E-state index in [-0.39, 0.29) is 61.8 Å². The second kappa shape index (κ2) is 12.6. The van der Waals surface area contributed by atoms with Crippen molar-refractivity contribution in [3.8, 4) is 0 Å². The van der Waals surface area contributed by atoms with Crippen LogP contribution in [0.4, 0.5) is 0 Å². The fourth-order valence-electron chi connectivity index (χ4n) is 8.71. The van der Waals surface area contributed by atoms with Crippen molar-refractivity contribution >= 4 is 5.57 Å². The third-order valence-corrected chi connectivity index (χ3v) is 12.0. The summed E-state index contributed by atoms with van der Waals surface area (Å²) >= 11 is 0. The summed E-state index contributed by atoms with van der Waals surface area (Å²) < 4.78 is 0. The van der Waals surface area contributed by atoms with Crippen molar-refractivity contribution in [1.82, 2.24) is 0 Å². The van der Waals surface area contributed by atoms with Gasteiger partial charge in [0.05, 0.1) is 0 Å². The van der Waals surface area contributed by atoms with E-state index in [0.717, 1.165) is 6.42 Å². The van der Waals surface area contributed by atoms with Crippen molar-refractivity contribution in [3.05, 3.63) is 100 Å². The van der Waals surface area contributed by atoms with E-state index in [2.05, 4.69) is 137 Å². The largest absolute Gasteiger partial charge is 4.00 e. The van der Waals surface area contributed by atoms with Gasteiger partial charge in [-0.1, -0.05) is 140 Å². The van der Waals surface area contributed by atoms with Crippen LogP contribution in [0.3, 0.4) is 0 Å². The Kier molecular flexibility index (Phi) is 11.2. The molecule has 220 valence electrons. The maximum Gasteiger partial charge on any atom is 4.00 e. The molecule has 0 saturated heterocycles. The number of hydrogen-bond acceptors (Lipinski definition) is 0. The standard InChI is InChI=1S/C29H37.C9H13.2ClH.Zr/c1-16-13-14-25-26-23-12-10-9-11-22(23)15-24(26)27-19(4)17(2)18(3)21(6)29(27,8)28(25,7)20(16)5;1-9(2,3)8-6-4-5-7-8;;;/h9-14,16-18,20-21H,15H2,1-8H3;4-7H,1-3H3;2*1H;/q2*-1;;;+4/p-2.